The van der Waals surface area contributed by atoms with Gasteiger partial charge in [-0.05, 0) is 6.07 Å². The number of aryl methyl sites for hydroxylation is 1. The summed E-state index contributed by atoms with van der Waals surface area (Å²) in [6.45, 7) is 1.83. The van der Waals surface area contributed by atoms with E-state index in [1.807, 2.05) is 6.92 Å². The molecule has 2 heterocycles. The molecule has 0 spiro atoms. The first-order chi connectivity index (χ1) is 8.02. The first-order valence-electron chi connectivity index (χ1n) is 4.98. The smallest absolute Gasteiger partial charge is 0.417 e. The molecule has 0 N–H and O–H groups in total. The maximum absolute atomic E-state index is 12.7. The monoisotopic (exact) mass is 242 g/mol. The molecule has 0 aliphatic rings. The van der Waals surface area contributed by atoms with E-state index in [0.29, 0.717) is 12.2 Å². The number of nitrogens with zero attached hydrogens (tertiary/aromatic N) is 2. The van der Waals surface area contributed by atoms with Crippen molar-refractivity contribution in [2.45, 2.75) is 19.5 Å². The SMILES string of the molecule is CCc1cnc(-c2cnccc2C(F)(F)F)o1. The highest BCUT2D eigenvalue weighted by Gasteiger charge is 2.34. The predicted octanol–water partition coefficient (Wildman–Crippen LogP) is 3.32. The molecule has 2 aromatic rings. The molecule has 0 atom stereocenters. The quantitative estimate of drug-likeness (QED) is 0.810. The van der Waals surface area contributed by atoms with Gasteiger partial charge in [0, 0.05) is 18.8 Å². The molecule has 90 valence electrons. The fourth-order valence-corrected chi connectivity index (χ4v) is 1.41. The number of alkyl halides is 3. The third-order valence-corrected chi connectivity index (χ3v) is 2.26. The zero-order valence-corrected chi connectivity index (χ0v) is 8.95. The fraction of sp³-hybridized carbons (Fsp3) is 0.273. The zero-order chi connectivity index (χ0) is 12.5. The van der Waals surface area contributed by atoms with Crippen LogP contribution in [0.3, 0.4) is 0 Å². The second-order valence-corrected chi connectivity index (χ2v) is 3.40. The summed E-state index contributed by atoms with van der Waals surface area (Å²) in [5, 5.41) is 0. The van der Waals surface area contributed by atoms with E-state index in [4.69, 9.17) is 4.42 Å². The predicted molar refractivity (Wildman–Crippen MR) is 54.1 cm³/mol. The van der Waals surface area contributed by atoms with Crippen LogP contribution in [-0.4, -0.2) is 9.97 Å². The van der Waals surface area contributed by atoms with E-state index >= 15 is 0 Å². The minimum absolute atomic E-state index is 0.0534. The number of hydrogen-bond acceptors (Lipinski definition) is 3. The average molecular weight is 242 g/mol. The van der Waals surface area contributed by atoms with Crippen LogP contribution < -0.4 is 0 Å². The van der Waals surface area contributed by atoms with Gasteiger partial charge in [0.25, 0.3) is 0 Å². The fourth-order valence-electron chi connectivity index (χ4n) is 1.41. The highest BCUT2D eigenvalue weighted by molar-refractivity contribution is 5.58. The van der Waals surface area contributed by atoms with Crippen molar-refractivity contribution in [2.75, 3.05) is 0 Å². The molecule has 0 saturated heterocycles. The van der Waals surface area contributed by atoms with Gasteiger partial charge in [-0.25, -0.2) is 4.98 Å². The van der Waals surface area contributed by atoms with E-state index in [0.717, 1.165) is 18.5 Å². The van der Waals surface area contributed by atoms with Gasteiger partial charge in [0.05, 0.1) is 17.3 Å². The minimum atomic E-state index is -4.45. The molecule has 0 aromatic carbocycles. The van der Waals surface area contributed by atoms with Crippen LogP contribution in [0.25, 0.3) is 11.5 Å². The first-order valence-corrected chi connectivity index (χ1v) is 4.98. The van der Waals surface area contributed by atoms with Crippen molar-refractivity contribution < 1.29 is 17.6 Å². The summed E-state index contributed by atoms with van der Waals surface area (Å²) >= 11 is 0. The Balaban J connectivity index is 2.52. The zero-order valence-electron chi connectivity index (χ0n) is 8.95. The molecule has 17 heavy (non-hydrogen) atoms. The Hall–Kier alpha value is -1.85. The van der Waals surface area contributed by atoms with E-state index in [1.165, 1.54) is 6.20 Å². The largest absolute Gasteiger partial charge is 0.441 e. The van der Waals surface area contributed by atoms with Gasteiger partial charge in [-0.15, -0.1) is 0 Å². The van der Waals surface area contributed by atoms with Crippen molar-refractivity contribution in [1.29, 1.82) is 0 Å². The van der Waals surface area contributed by atoms with Crippen molar-refractivity contribution in [2.24, 2.45) is 0 Å². The lowest BCUT2D eigenvalue weighted by Gasteiger charge is -2.09. The molecule has 2 aromatic heterocycles. The Kier molecular flexibility index (Phi) is 2.87. The molecule has 0 unspecified atom stereocenters. The van der Waals surface area contributed by atoms with Gasteiger partial charge in [-0.1, -0.05) is 6.92 Å². The summed E-state index contributed by atoms with van der Waals surface area (Å²) in [5.41, 5.74) is -0.934. The summed E-state index contributed by atoms with van der Waals surface area (Å²) in [6, 6.07) is 0.908. The highest BCUT2D eigenvalue weighted by atomic mass is 19.4. The van der Waals surface area contributed by atoms with Crippen molar-refractivity contribution in [3.05, 3.63) is 36.0 Å². The molecule has 0 amide bonds. The number of hydrogen-bond donors (Lipinski definition) is 0. The number of rotatable bonds is 2. The van der Waals surface area contributed by atoms with Crippen LogP contribution in [-0.2, 0) is 12.6 Å². The van der Waals surface area contributed by atoms with E-state index in [1.54, 1.807) is 0 Å². The summed E-state index contributed by atoms with van der Waals surface area (Å²) in [6.07, 6.45) is -0.250. The summed E-state index contributed by atoms with van der Waals surface area (Å²) in [7, 11) is 0. The second-order valence-electron chi connectivity index (χ2n) is 3.40. The van der Waals surface area contributed by atoms with Gasteiger partial charge >= 0.3 is 6.18 Å². The molecular weight excluding hydrogens is 233 g/mol. The van der Waals surface area contributed by atoms with Crippen molar-refractivity contribution in [3.63, 3.8) is 0 Å². The van der Waals surface area contributed by atoms with Crippen LogP contribution in [0, 0.1) is 0 Å². The Labute approximate surface area is 95.3 Å². The molecule has 0 fully saturated rings. The minimum Gasteiger partial charge on any atom is -0.441 e. The van der Waals surface area contributed by atoms with Gasteiger partial charge in [0.15, 0.2) is 0 Å². The van der Waals surface area contributed by atoms with Crippen molar-refractivity contribution in [1.82, 2.24) is 9.97 Å². The third-order valence-electron chi connectivity index (χ3n) is 2.26. The number of pyridine rings is 1. The number of aromatic nitrogens is 2. The van der Waals surface area contributed by atoms with Gasteiger partial charge in [-0.2, -0.15) is 13.2 Å². The van der Waals surface area contributed by atoms with E-state index in [-0.39, 0.29) is 11.5 Å². The van der Waals surface area contributed by atoms with Gasteiger partial charge in [0.1, 0.15) is 5.76 Å². The van der Waals surface area contributed by atoms with E-state index in [2.05, 4.69) is 9.97 Å². The van der Waals surface area contributed by atoms with Crippen molar-refractivity contribution >= 4 is 0 Å². The van der Waals surface area contributed by atoms with Crippen LogP contribution in [0.5, 0.6) is 0 Å². The summed E-state index contributed by atoms with van der Waals surface area (Å²) in [5.74, 6) is 0.485. The topological polar surface area (TPSA) is 38.9 Å². The van der Waals surface area contributed by atoms with Gasteiger partial charge < -0.3 is 4.42 Å². The van der Waals surface area contributed by atoms with Crippen LogP contribution in [0.2, 0.25) is 0 Å². The lowest BCUT2D eigenvalue weighted by Crippen LogP contribution is -2.07. The Morgan fingerprint density at radius 3 is 2.65 bits per heavy atom. The summed E-state index contributed by atoms with van der Waals surface area (Å²) < 4.78 is 43.4. The second kappa shape index (κ2) is 4.20. The summed E-state index contributed by atoms with van der Waals surface area (Å²) in [4.78, 5) is 7.50. The van der Waals surface area contributed by atoms with Crippen LogP contribution in [0.15, 0.2) is 29.1 Å². The highest BCUT2D eigenvalue weighted by Crippen LogP contribution is 2.36. The van der Waals surface area contributed by atoms with Crippen LogP contribution >= 0.6 is 0 Å². The van der Waals surface area contributed by atoms with Gasteiger partial charge in [0.2, 0.25) is 5.89 Å². The van der Waals surface area contributed by atoms with E-state index in [9.17, 15) is 13.2 Å². The standard InChI is InChI=1S/C11H9F3N2O/c1-2-7-5-16-10(17-7)8-6-15-4-3-9(8)11(12,13)14/h3-6H,2H2,1H3. The maximum Gasteiger partial charge on any atom is 0.417 e. The average Bonchev–Trinajstić information content (AvgIpc) is 2.76. The van der Waals surface area contributed by atoms with E-state index < -0.39 is 11.7 Å². The molecule has 2 rings (SSSR count). The maximum atomic E-state index is 12.7. The molecule has 0 bridgehead atoms. The number of halogens is 3. The number of oxazole rings is 1. The lowest BCUT2D eigenvalue weighted by atomic mass is 10.1. The Morgan fingerprint density at radius 2 is 2.06 bits per heavy atom. The molecule has 3 nitrogen and oxygen atoms in total. The molecule has 0 aliphatic carbocycles. The third kappa shape index (κ3) is 2.30. The first kappa shape index (κ1) is 11.6. The molecule has 0 radical (unpaired) electrons. The lowest BCUT2D eigenvalue weighted by molar-refractivity contribution is -0.137. The normalized spacial score (nSPS) is 11.8. The molecule has 6 heteroatoms. The Morgan fingerprint density at radius 1 is 1.29 bits per heavy atom. The van der Waals surface area contributed by atoms with Crippen LogP contribution in [0.4, 0.5) is 13.2 Å². The Bertz CT molecular complexity index is 519. The van der Waals surface area contributed by atoms with Gasteiger partial charge in [-0.3, -0.25) is 4.98 Å². The van der Waals surface area contributed by atoms with Crippen LogP contribution in [0.1, 0.15) is 18.2 Å². The van der Waals surface area contributed by atoms with Crippen molar-refractivity contribution in [3.8, 4) is 11.5 Å². The molecule has 0 saturated carbocycles. The molecular formula is C11H9F3N2O. The molecule has 0 aliphatic heterocycles.